The third kappa shape index (κ3) is 3.12. The Hall–Kier alpha value is -2.33. The molecule has 114 valence electrons. The third-order valence-corrected chi connectivity index (χ3v) is 3.88. The fourth-order valence-corrected chi connectivity index (χ4v) is 2.67. The minimum atomic E-state index is -0.139. The molecule has 0 aromatic heterocycles. The van der Waals surface area contributed by atoms with Crippen molar-refractivity contribution in [1.82, 2.24) is 5.32 Å². The second-order valence-electron chi connectivity index (χ2n) is 5.32. The summed E-state index contributed by atoms with van der Waals surface area (Å²) in [5.74, 6) is 0.440. The predicted octanol–water partition coefficient (Wildman–Crippen LogP) is 2.57. The minimum absolute atomic E-state index is 0.00792. The van der Waals surface area contributed by atoms with Crippen LogP contribution in [0.2, 0.25) is 0 Å². The van der Waals surface area contributed by atoms with Crippen LogP contribution in [-0.4, -0.2) is 25.7 Å². The smallest absolute Gasteiger partial charge is 0.255 e. The maximum Gasteiger partial charge on any atom is 0.255 e. The largest absolute Gasteiger partial charge is 0.496 e. The Bertz CT molecular complexity index is 669. The van der Waals surface area contributed by atoms with Gasteiger partial charge in [0.15, 0.2) is 0 Å². The van der Waals surface area contributed by atoms with Gasteiger partial charge >= 0.3 is 0 Å². The van der Waals surface area contributed by atoms with E-state index < -0.39 is 0 Å². The number of carbonyl (C=O) groups is 1. The van der Waals surface area contributed by atoms with Crippen LogP contribution in [0, 0.1) is 0 Å². The molecule has 3 rings (SSSR count). The number of ether oxygens (including phenoxy) is 2. The molecule has 0 radical (unpaired) electrons. The minimum Gasteiger partial charge on any atom is -0.496 e. The Kier molecular flexibility index (Phi) is 4.39. The zero-order valence-electron chi connectivity index (χ0n) is 12.5. The Morgan fingerprint density at radius 2 is 1.91 bits per heavy atom. The van der Waals surface area contributed by atoms with E-state index >= 15 is 0 Å². The first-order valence-corrected chi connectivity index (χ1v) is 7.37. The number of para-hydroxylation sites is 1. The van der Waals surface area contributed by atoms with E-state index in [0.29, 0.717) is 24.5 Å². The lowest BCUT2D eigenvalue weighted by Gasteiger charge is -2.25. The van der Waals surface area contributed by atoms with Crippen molar-refractivity contribution >= 4 is 5.91 Å². The number of nitrogens with one attached hydrogen (secondary N) is 1. The van der Waals surface area contributed by atoms with Crippen LogP contribution in [0.3, 0.4) is 0 Å². The lowest BCUT2D eigenvalue weighted by molar-refractivity contribution is 0.0284. The Morgan fingerprint density at radius 3 is 2.73 bits per heavy atom. The molecule has 1 amide bonds. The standard InChI is InChI=1S/C18H19NO3/c1-21-17-9-5-4-8-16(17)18(20)19-11-15-10-13-6-2-3-7-14(13)12-22-15/h2-9,15H,10-12H2,1H3,(H,19,20). The summed E-state index contributed by atoms with van der Waals surface area (Å²) in [7, 11) is 1.56. The molecule has 0 aliphatic carbocycles. The van der Waals surface area contributed by atoms with E-state index in [0.717, 1.165) is 6.42 Å². The van der Waals surface area contributed by atoms with Crippen molar-refractivity contribution in [3.63, 3.8) is 0 Å². The SMILES string of the molecule is COc1ccccc1C(=O)NCC1Cc2ccccc2CO1. The molecule has 1 unspecified atom stereocenters. The van der Waals surface area contributed by atoms with E-state index in [1.165, 1.54) is 11.1 Å². The van der Waals surface area contributed by atoms with Crippen LogP contribution in [0.15, 0.2) is 48.5 Å². The lowest BCUT2D eigenvalue weighted by atomic mass is 9.99. The van der Waals surface area contributed by atoms with Gasteiger partial charge < -0.3 is 14.8 Å². The summed E-state index contributed by atoms with van der Waals surface area (Å²) in [5.41, 5.74) is 3.07. The van der Waals surface area contributed by atoms with Crippen LogP contribution >= 0.6 is 0 Å². The highest BCUT2D eigenvalue weighted by atomic mass is 16.5. The summed E-state index contributed by atoms with van der Waals surface area (Å²) < 4.78 is 11.0. The number of carbonyl (C=O) groups excluding carboxylic acids is 1. The monoisotopic (exact) mass is 297 g/mol. The molecular formula is C18H19NO3. The second-order valence-corrected chi connectivity index (χ2v) is 5.32. The molecule has 4 heteroatoms. The summed E-state index contributed by atoms with van der Waals surface area (Å²) in [5, 5.41) is 2.93. The van der Waals surface area contributed by atoms with Gasteiger partial charge in [0, 0.05) is 13.0 Å². The Labute approximate surface area is 130 Å². The zero-order valence-corrected chi connectivity index (χ0v) is 12.5. The van der Waals surface area contributed by atoms with Crippen LogP contribution in [0.5, 0.6) is 5.75 Å². The van der Waals surface area contributed by atoms with Crippen LogP contribution in [-0.2, 0) is 17.8 Å². The van der Waals surface area contributed by atoms with E-state index in [2.05, 4.69) is 17.4 Å². The number of hydrogen-bond donors (Lipinski definition) is 1. The molecule has 1 aliphatic rings. The van der Waals surface area contributed by atoms with Crippen LogP contribution in [0.4, 0.5) is 0 Å². The van der Waals surface area contributed by atoms with Gasteiger partial charge in [0.05, 0.1) is 25.4 Å². The second kappa shape index (κ2) is 6.62. The number of benzene rings is 2. The highest BCUT2D eigenvalue weighted by Crippen LogP contribution is 2.20. The van der Waals surface area contributed by atoms with E-state index in [1.54, 1.807) is 19.2 Å². The van der Waals surface area contributed by atoms with Crippen LogP contribution in [0.1, 0.15) is 21.5 Å². The Morgan fingerprint density at radius 1 is 1.18 bits per heavy atom. The normalized spacial score (nSPS) is 16.7. The zero-order chi connectivity index (χ0) is 15.4. The van der Waals surface area contributed by atoms with Gasteiger partial charge in [0.25, 0.3) is 5.91 Å². The first kappa shape index (κ1) is 14.6. The average Bonchev–Trinajstić information content (AvgIpc) is 2.59. The molecule has 0 spiro atoms. The van der Waals surface area contributed by atoms with E-state index in [9.17, 15) is 4.79 Å². The first-order valence-electron chi connectivity index (χ1n) is 7.37. The molecule has 1 aliphatic heterocycles. The van der Waals surface area contributed by atoms with E-state index in [1.807, 2.05) is 24.3 Å². The quantitative estimate of drug-likeness (QED) is 0.943. The number of fused-ring (bicyclic) bond motifs is 1. The van der Waals surface area contributed by atoms with E-state index in [4.69, 9.17) is 9.47 Å². The molecule has 22 heavy (non-hydrogen) atoms. The molecular weight excluding hydrogens is 278 g/mol. The number of methoxy groups -OCH3 is 1. The van der Waals surface area contributed by atoms with Crippen molar-refractivity contribution in [2.45, 2.75) is 19.1 Å². The molecule has 1 heterocycles. The van der Waals surface area contributed by atoms with Crippen molar-refractivity contribution in [2.24, 2.45) is 0 Å². The summed E-state index contributed by atoms with van der Waals surface area (Å²) in [6.45, 7) is 1.09. The van der Waals surface area contributed by atoms with Crippen molar-refractivity contribution in [3.05, 3.63) is 65.2 Å². The molecule has 0 bridgehead atoms. The molecule has 4 nitrogen and oxygen atoms in total. The van der Waals surface area contributed by atoms with E-state index in [-0.39, 0.29) is 12.0 Å². The highest BCUT2D eigenvalue weighted by molar-refractivity contribution is 5.96. The number of rotatable bonds is 4. The van der Waals surface area contributed by atoms with Gasteiger partial charge in [0.2, 0.25) is 0 Å². The molecule has 2 aromatic carbocycles. The first-order chi connectivity index (χ1) is 10.8. The predicted molar refractivity (Wildman–Crippen MR) is 84.1 cm³/mol. The van der Waals surface area contributed by atoms with Crippen molar-refractivity contribution in [2.75, 3.05) is 13.7 Å². The topological polar surface area (TPSA) is 47.6 Å². The van der Waals surface area contributed by atoms with Gasteiger partial charge in [-0.25, -0.2) is 0 Å². The van der Waals surface area contributed by atoms with Crippen molar-refractivity contribution in [3.8, 4) is 5.75 Å². The van der Waals surface area contributed by atoms with Gasteiger partial charge in [-0.1, -0.05) is 36.4 Å². The Balaban J connectivity index is 1.60. The van der Waals surface area contributed by atoms with Crippen molar-refractivity contribution < 1.29 is 14.3 Å². The molecule has 2 aromatic rings. The van der Waals surface area contributed by atoms with Crippen molar-refractivity contribution in [1.29, 1.82) is 0 Å². The number of amides is 1. The number of hydrogen-bond acceptors (Lipinski definition) is 3. The summed E-state index contributed by atoms with van der Waals surface area (Å²) in [6.07, 6.45) is 0.830. The highest BCUT2D eigenvalue weighted by Gasteiger charge is 2.20. The van der Waals surface area contributed by atoms with Crippen LogP contribution in [0.25, 0.3) is 0 Å². The summed E-state index contributed by atoms with van der Waals surface area (Å²) in [6, 6.07) is 15.5. The fraction of sp³-hybridized carbons (Fsp3) is 0.278. The molecule has 1 atom stereocenters. The van der Waals surface area contributed by atoms with Gasteiger partial charge in [-0.3, -0.25) is 4.79 Å². The molecule has 0 saturated carbocycles. The maximum absolute atomic E-state index is 12.3. The van der Waals surface area contributed by atoms with Gasteiger partial charge in [-0.05, 0) is 23.3 Å². The average molecular weight is 297 g/mol. The lowest BCUT2D eigenvalue weighted by Crippen LogP contribution is -2.36. The fourth-order valence-electron chi connectivity index (χ4n) is 2.67. The van der Waals surface area contributed by atoms with Gasteiger partial charge in [-0.2, -0.15) is 0 Å². The molecule has 1 N–H and O–H groups in total. The van der Waals surface area contributed by atoms with Gasteiger partial charge in [-0.15, -0.1) is 0 Å². The maximum atomic E-state index is 12.3. The van der Waals surface area contributed by atoms with Gasteiger partial charge in [0.1, 0.15) is 5.75 Å². The molecule has 0 fully saturated rings. The molecule has 0 saturated heterocycles. The third-order valence-electron chi connectivity index (χ3n) is 3.88. The summed E-state index contributed by atoms with van der Waals surface area (Å²) in [4.78, 5) is 12.3. The van der Waals surface area contributed by atoms with Crippen LogP contribution < -0.4 is 10.1 Å². The summed E-state index contributed by atoms with van der Waals surface area (Å²) >= 11 is 0.